The van der Waals surface area contributed by atoms with Gasteiger partial charge in [0.05, 0.1) is 19.4 Å². The summed E-state index contributed by atoms with van der Waals surface area (Å²) in [5.41, 5.74) is 11.4. The average molecular weight is 1100 g/mol. The zero-order valence-electron chi connectivity index (χ0n) is 39.4. The van der Waals surface area contributed by atoms with E-state index in [0.29, 0.717) is 12.0 Å². The van der Waals surface area contributed by atoms with Gasteiger partial charge in [0, 0.05) is 42.4 Å². The highest BCUT2D eigenvalue weighted by molar-refractivity contribution is 8.77. The molecule has 8 atom stereocenters. The molecular formula is C42H60N12O15S4. The van der Waals surface area contributed by atoms with Crippen LogP contribution in [0.15, 0.2) is 35.3 Å². The SMILES string of the molecule is CCCC(=O)N[C@H]1CSSC[C@@H](C(=O)O)NC(=O)[C@H](Cc2ccccc2)NC(=O)[C@@H]2CCSSC[C@H](NC(=O)[C@H](CC(=O)O)NC1=O)C(=O)N[C@@H](CCCN=C(N)N)C(=O)NCC(=O)N[C@@H](CC(=O)O)C(=O)N2. The van der Waals surface area contributed by atoms with Gasteiger partial charge in [0.25, 0.3) is 0 Å². The number of carboxylic acid groups (broad SMARTS) is 3. The Kier molecular flexibility index (Phi) is 26.6. The average Bonchev–Trinajstić information content (AvgIpc) is 3.32. The third kappa shape index (κ3) is 22.9. The van der Waals surface area contributed by atoms with Crippen LogP contribution < -0.4 is 59.3 Å². The lowest BCUT2D eigenvalue weighted by molar-refractivity contribution is -0.142. The second-order valence-electron chi connectivity index (χ2n) is 16.2. The molecule has 73 heavy (non-hydrogen) atoms. The van der Waals surface area contributed by atoms with Crippen molar-refractivity contribution in [2.75, 3.05) is 36.1 Å². The van der Waals surface area contributed by atoms with Crippen LogP contribution in [0.4, 0.5) is 0 Å². The largest absolute Gasteiger partial charge is 0.481 e. The lowest BCUT2D eigenvalue weighted by Crippen LogP contribution is -2.60. The van der Waals surface area contributed by atoms with Gasteiger partial charge in [0.15, 0.2) is 5.96 Å². The van der Waals surface area contributed by atoms with E-state index in [4.69, 9.17) is 11.5 Å². The highest BCUT2D eigenvalue weighted by Gasteiger charge is 2.36. The van der Waals surface area contributed by atoms with Crippen LogP contribution in [0.3, 0.4) is 0 Å². The van der Waals surface area contributed by atoms with Crippen molar-refractivity contribution in [2.45, 2.75) is 107 Å². The molecule has 2 saturated heterocycles. The predicted molar refractivity (Wildman–Crippen MR) is 270 cm³/mol. The van der Waals surface area contributed by atoms with Crippen molar-refractivity contribution in [3.05, 3.63) is 35.9 Å². The maximum Gasteiger partial charge on any atom is 0.327 e. The molecular weight excluding hydrogens is 1040 g/mol. The second-order valence-corrected chi connectivity index (χ2v) is 21.4. The normalized spacial score (nSPS) is 24.9. The number of nitrogens with one attached hydrogen (secondary N) is 9. The minimum atomic E-state index is -1.87. The van der Waals surface area contributed by atoms with Gasteiger partial charge in [-0.25, -0.2) is 4.79 Å². The van der Waals surface area contributed by atoms with E-state index in [1.807, 2.05) is 0 Å². The van der Waals surface area contributed by atoms with Crippen LogP contribution in [-0.4, -0.2) is 177 Å². The molecule has 0 spiro atoms. The number of hydrogen-bond acceptors (Lipinski definition) is 17. The zero-order valence-corrected chi connectivity index (χ0v) is 42.6. The zero-order chi connectivity index (χ0) is 54.0. The van der Waals surface area contributed by atoms with Crippen molar-refractivity contribution < 1.29 is 72.9 Å². The molecule has 2 heterocycles. The number of benzene rings is 1. The van der Waals surface area contributed by atoms with E-state index in [1.165, 1.54) is 0 Å². The number of rotatable bonds is 14. The second kappa shape index (κ2) is 31.9. The Morgan fingerprint density at radius 3 is 1.86 bits per heavy atom. The molecule has 0 aliphatic carbocycles. The summed E-state index contributed by atoms with van der Waals surface area (Å²) >= 11 is 0. The summed E-state index contributed by atoms with van der Waals surface area (Å²) in [6.45, 7) is 0.808. The Labute approximate surface area is 434 Å². The summed E-state index contributed by atoms with van der Waals surface area (Å²) in [7, 11) is 3.70. The van der Waals surface area contributed by atoms with Gasteiger partial charge in [-0.1, -0.05) is 80.4 Å². The Morgan fingerprint density at radius 1 is 0.658 bits per heavy atom. The first kappa shape index (κ1) is 60.8. The van der Waals surface area contributed by atoms with Crippen LogP contribution in [0.5, 0.6) is 0 Å². The third-order valence-electron chi connectivity index (χ3n) is 10.3. The first-order valence-corrected chi connectivity index (χ1v) is 27.6. The van der Waals surface area contributed by atoms with E-state index >= 15 is 0 Å². The number of amides is 9. The van der Waals surface area contributed by atoms with Gasteiger partial charge in [0.1, 0.15) is 48.3 Å². The third-order valence-corrected chi connectivity index (χ3v) is 15.2. The number of carboxylic acids is 3. The molecule has 402 valence electrons. The molecule has 9 amide bonds. The van der Waals surface area contributed by atoms with Gasteiger partial charge in [-0.15, -0.1) is 0 Å². The van der Waals surface area contributed by atoms with Gasteiger partial charge in [-0.2, -0.15) is 0 Å². The lowest BCUT2D eigenvalue weighted by Gasteiger charge is -2.27. The summed E-state index contributed by atoms with van der Waals surface area (Å²) in [5, 5.41) is 51.4. The fourth-order valence-corrected chi connectivity index (χ4v) is 11.2. The monoisotopic (exact) mass is 1100 g/mol. The van der Waals surface area contributed by atoms with Gasteiger partial charge in [-0.05, 0) is 31.2 Å². The minimum Gasteiger partial charge on any atom is -0.481 e. The molecule has 1 aromatic rings. The Bertz CT molecular complexity index is 2190. The molecule has 0 saturated carbocycles. The van der Waals surface area contributed by atoms with E-state index < -0.39 is 139 Å². The summed E-state index contributed by atoms with van der Waals surface area (Å²) in [6.07, 6.45) is -2.19. The minimum absolute atomic E-state index is 0.0164. The molecule has 27 nitrogen and oxygen atoms in total. The number of guanidine groups is 1. The predicted octanol–water partition coefficient (Wildman–Crippen LogP) is -3.71. The number of nitrogens with zero attached hydrogens (tertiary/aromatic N) is 1. The summed E-state index contributed by atoms with van der Waals surface area (Å²) in [4.78, 5) is 164. The van der Waals surface area contributed by atoms with Gasteiger partial charge >= 0.3 is 17.9 Å². The number of fused-ring (bicyclic) bond motifs is 6. The molecule has 31 heteroatoms. The van der Waals surface area contributed by atoms with Crippen molar-refractivity contribution in [1.29, 1.82) is 0 Å². The van der Waals surface area contributed by atoms with E-state index in [1.54, 1.807) is 37.3 Å². The van der Waals surface area contributed by atoms with Crippen LogP contribution in [0.1, 0.15) is 57.4 Å². The molecule has 2 aliphatic rings. The van der Waals surface area contributed by atoms with Crippen molar-refractivity contribution >= 4 is 120 Å². The van der Waals surface area contributed by atoms with E-state index in [-0.39, 0.29) is 67.6 Å². The number of carbonyl (C=O) groups is 12. The lowest BCUT2D eigenvalue weighted by atomic mass is 10.0. The molecule has 2 bridgehead atoms. The van der Waals surface area contributed by atoms with Crippen molar-refractivity contribution in [1.82, 2.24) is 47.9 Å². The quantitative estimate of drug-likeness (QED) is 0.0369. The molecule has 0 unspecified atom stereocenters. The van der Waals surface area contributed by atoms with Gasteiger partial charge in [0.2, 0.25) is 53.2 Å². The summed E-state index contributed by atoms with van der Waals surface area (Å²) < 4.78 is 0. The van der Waals surface area contributed by atoms with Gasteiger partial charge in [-0.3, -0.25) is 57.7 Å². The molecule has 1 aromatic carbocycles. The first-order chi connectivity index (χ1) is 34.7. The van der Waals surface area contributed by atoms with E-state index in [0.717, 1.165) is 43.2 Å². The number of hydrogen-bond donors (Lipinski definition) is 14. The van der Waals surface area contributed by atoms with Gasteiger partial charge < -0.3 is 74.6 Å². The summed E-state index contributed by atoms with van der Waals surface area (Å²) in [6, 6.07) is -4.52. The van der Waals surface area contributed by atoms with Crippen LogP contribution in [-0.2, 0) is 64.0 Å². The smallest absolute Gasteiger partial charge is 0.327 e. The van der Waals surface area contributed by atoms with E-state index in [9.17, 15) is 72.9 Å². The topological polar surface area (TPSA) is 438 Å². The number of nitrogens with two attached hydrogens (primary N) is 2. The fourth-order valence-electron chi connectivity index (χ4n) is 6.65. The molecule has 0 radical (unpaired) electrons. The molecule has 2 aliphatic heterocycles. The van der Waals surface area contributed by atoms with Crippen LogP contribution >= 0.6 is 43.2 Å². The van der Waals surface area contributed by atoms with E-state index in [2.05, 4.69) is 52.8 Å². The highest BCUT2D eigenvalue weighted by Crippen LogP contribution is 2.25. The molecule has 0 aromatic heterocycles. The van der Waals surface area contributed by atoms with Crippen molar-refractivity contribution in [3.8, 4) is 0 Å². The number of aliphatic imine (C=N–C) groups is 1. The molecule has 3 rings (SSSR count). The first-order valence-electron chi connectivity index (χ1n) is 22.6. The Hall–Kier alpha value is -6.47. The number of aliphatic carboxylic acids is 3. The standard InChI is InChI=1S/C42H60N12O15S4/c1-2-7-30(55)48-27-18-72-73-20-29(41(68)69)54-36(63)24(14-21-8-4-3-5-9-21)51-35(62)23-11-13-70-71-19-28(53-38(65)26(16-33(59)60)52-39(27)66)40(67)49-22(10-6-12-45-42(43)44)34(61)46-17-31(56)47-25(15-32(57)58)37(64)50-23/h3-5,8-9,22-29H,2,6-7,10-20H2,1H3,(H,46,61)(H,47,56)(H,48,55)(H,49,67)(H,50,64)(H,51,62)(H,52,66)(H,53,65)(H,54,63)(H,57,58)(H,59,60)(H,68,69)(H4,43,44,45)/t22-,23-,24-,25-,26-,27-,28-,29-/m0/s1. The Morgan fingerprint density at radius 2 is 1.23 bits per heavy atom. The maximum atomic E-state index is 14.2. The summed E-state index contributed by atoms with van der Waals surface area (Å²) in [5.74, 6) is -14.7. The Balaban J connectivity index is 2.19. The molecule has 2 fully saturated rings. The van der Waals surface area contributed by atoms with Crippen LogP contribution in [0.25, 0.3) is 0 Å². The molecule has 16 N–H and O–H groups in total. The van der Waals surface area contributed by atoms with Crippen LogP contribution in [0.2, 0.25) is 0 Å². The van der Waals surface area contributed by atoms with Crippen molar-refractivity contribution in [3.63, 3.8) is 0 Å². The fraction of sp³-hybridized carbons (Fsp3) is 0.548. The maximum absolute atomic E-state index is 14.2. The van der Waals surface area contributed by atoms with Crippen LogP contribution in [0, 0.1) is 0 Å². The number of carbonyl (C=O) groups excluding carboxylic acids is 9. The highest BCUT2D eigenvalue weighted by atomic mass is 33.1. The van der Waals surface area contributed by atoms with Crippen molar-refractivity contribution in [2.24, 2.45) is 16.5 Å².